The van der Waals surface area contributed by atoms with Gasteiger partial charge in [0.2, 0.25) is 0 Å². The van der Waals surface area contributed by atoms with Crippen LogP contribution in [-0.2, 0) is 0 Å². The number of nitrogens with zero attached hydrogens (tertiary/aromatic N) is 2. The van der Waals surface area contributed by atoms with E-state index in [9.17, 15) is 0 Å². The van der Waals surface area contributed by atoms with Crippen LogP contribution >= 0.6 is 0 Å². The molecule has 0 saturated carbocycles. The smallest absolute Gasteiger partial charge is 0.153 e. The molecule has 0 saturated heterocycles. The Kier molecular flexibility index (Phi) is 3.39. The van der Waals surface area contributed by atoms with Gasteiger partial charge in [0.05, 0.1) is 24.7 Å². The van der Waals surface area contributed by atoms with Gasteiger partial charge in [-0.15, -0.1) is 0 Å². The van der Waals surface area contributed by atoms with Gasteiger partial charge < -0.3 is 0 Å². The molecular weight excluding hydrogens is 208 g/mol. The summed E-state index contributed by atoms with van der Waals surface area (Å²) in [5.41, 5.74) is 2.36. The van der Waals surface area contributed by atoms with E-state index < -0.39 is 0 Å². The molecule has 0 bridgehead atoms. The Bertz CT molecular complexity index is 390. The summed E-state index contributed by atoms with van der Waals surface area (Å²) in [5.74, 6) is 0. The van der Waals surface area contributed by atoms with Gasteiger partial charge in [-0.3, -0.25) is 0 Å². The zero-order valence-corrected chi connectivity index (χ0v) is 10.6. The summed E-state index contributed by atoms with van der Waals surface area (Å²) in [6, 6.07) is 0.452. The minimum absolute atomic E-state index is 0.452. The number of rotatable bonds is 2. The molecule has 0 fully saturated rings. The summed E-state index contributed by atoms with van der Waals surface area (Å²) < 4.78 is 0. The molecule has 2 aliphatic heterocycles. The fraction of sp³-hybridized carbons (Fsp3) is 0.333. The third-order valence-corrected chi connectivity index (χ3v) is 2.83. The Morgan fingerprint density at radius 1 is 1.06 bits per heavy atom. The molecule has 17 heavy (non-hydrogen) atoms. The fourth-order valence-electron chi connectivity index (χ4n) is 1.69. The Morgan fingerprint density at radius 2 is 1.71 bits per heavy atom. The van der Waals surface area contributed by atoms with Crippen LogP contribution in [0.3, 0.4) is 0 Å². The van der Waals surface area contributed by atoms with Crippen LogP contribution in [-0.4, -0.2) is 22.4 Å². The molecule has 0 aromatic rings. The molecule has 0 atom stereocenters. The standard InChI is InChI=1S/C15H18N2/c1-4-16-9-5-14(6-10-16)15-7-11-17(12-8-15)13(2)3/h5-9,11,13H,4H2,1-3H3/q+2. The van der Waals surface area contributed by atoms with Gasteiger partial charge in [-0.2, -0.15) is 0 Å². The SMILES string of the molecule is CCN1[C+]=CC(=C2C=[C+]N(C(C)C)C=C2)C=C1. The maximum atomic E-state index is 3.26. The highest BCUT2D eigenvalue weighted by molar-refractivity contribution is 5.47. The molecule has 2 aliphatic rings. The fourth-order valence-corrected chi connectivity index (χ4v) is 1.69. The molecule has 2 heterocycles. The van der Waals surface area contributed by atoms with Crippen molar-refractivity contribution in [2.45, 2.75) is 26.8 Å². The zero-order chi connectivity index (χ0) is 12.3. The Balaban J connectivity index is 2.14. The van der Waals surface area contributed by atoms with Gasteiger partial charge in [0.25, 0.3) is 0 Å². The number of allylic oxidation sites excluding steroid dienone is 6. The van der Waals surface area contributed by atoms with Gasteiger partial charge in [0.15, 0.2) is 11.1 Å². The lowest BCUT2D eigenvalue weighted by atomic mass is 10.0. The van der Waals surface area contributed by atoms with Crippen LogP contribution in [0.5, 0.6) is 0 Å². The molecule has 0 unspecified atom stereocenters. The van der Waals surface area contributed by atoms with E-state index in [0.29, 0.717) is 6.04 Å². The summed E-state index contributed by atoms with van der Waals surface area (Å²) in [5, 5.41) is 0. The van der Waals surface area contributed by atoms with Crippen molar-refractivity contribution in [1.29, 1.82) is 0 Å². The molecule has 0 aromatic heterocycles. The van der Waals surface area contributed by atoms with E-state index in [0.717, 1.165) is 6.54 Å². The topological polar surface area (TPSA) is 6.48 Å². The van der Waals surface area contributed by atoms with Crippen LogP contribution in [0.4, 0.5) is 0 Å². The molecule has 0 aromatic carbocycles. The minimum atomic E-state index is 0.452. The Morgan fingerprint density at radius 3 is 2.12 bits per heavy atom. The van der Waals surface area contributed by atoms with Crippen LogP contribution in [0, 0.1) is 12.4 Å². The molecule has 2 nitrogen and oxygen atoms in total. The van der Waals surface area contributed by atoms with Gasteiger partial charge >= 0.3 is 0 Å². The van der Waals surface area contributed by atoms with Crippen LogP contribution < -0.4 is 0 Å². The summed E-state index contributed by atoms with van der Waals surface area (Å²) in [7, 11) is 0. The first-order valence-electron chi connectivity index (χ1n) is 6.05. The van der Waals surface area contributed by atoms with E-state index in [2.05, 4.69) is 62.6 Å². The second kappa shape index (κ2) is 4.97. The minimum Gasteiger partial charge on any atom is -0.205 e. The average molecular weight is 226 g/mol. The van der Waals surface area contributed by atoms with E-state index in [-0.39, 0.29) is 0 Å². The van der Waals surface area contributed by atoms with Crippen molar-refractivity contribution >= 4 is 0 Å². The van der Waals surface area contributed by atoms with Crippen LogP contribution in [0.25, 0.3) is 0 Å². The second-order valence-electron chi connectivity index (χ2n) is 4.38. The first kappa shape index (κ1) is 11.6. The largest absolute Gasteiger partial charge is 0.205 e. The van der Waals surface area contributed by atoms with Crippen molar-refractivity contribution in [2.24, 2.45) is 0 Å². The highest BCUT2D eigenvalue weighted by Crippen LogP contribution is 2.19. The number of hydrogen-bond acceptors (Lipinski definition) is 2. The van der Waals surface area contributed by atoms with Crippen molar-refractivity contribution in [3.63, 3.8) is 0 Å². The van der Waals surface area contributed by atoms with Crippen LogP contribution in [0.15, 0.2) is 47.9 Å². The van der Waals surface area contributed by atoms with E-state index in [4.69, 9.17) is 0 Å². The molecule has 0 amide bonds. The lowest BCUT2D eigenvalue weighted by Gasteiger charge is -2.12. The van der Waals surface area contributed by atoms with E-state index in [1.807, 2.05) is 17.1 Å². The Labute approximate surface area is 104 Å². The molecule has 2 rings (SSSR count). The third-order valence-electron chi connectivity index (χ3n) is 2.83. The predicted octanol–water partition coefficient (Wildman–Crippen LogP) is 3.00. The second-order valence-corrected chi connectivity index (χ2v) is 4.38. The van der Waals surface area contributed by atoms with E-state index in [1.165, 1.54) is 11.1 Å². The van der Waals surface area contributed by atoms with E-state index >= 15 is 0 Å². The normalized spacial score (nSPS) is 22.1. The molecule has 0 aliphatic carbocycles. The third kappa shape index (κ3) is 2.62. The predicted molar refractivity (Wildman–Crippen MR) is 70.3 cm³/mol. The maximum absolute atomic E-state index is 3.26. The van der Waals surface area contributed by atoms with Crippen molar-refractivity contribution in [3.8, 4) is 0 Å². The van der Waals surface area contributed by atoms with Gasteiger partial charge in [-0.1, -0.05) is 0 Å². The average Bonchev–Trinajstić information content (AvgIpc) is 2.39. The molecule has 0 N–H and O–H groups in total. The molecule has 0 radical (unpaired) electrons. The highest BCUT2D eigenvalue weighted by atomic mass is 15.1. The first-order valence-corrected chi connectivity index (χ1v) is 6.05. The summed E-state index contributed by atoms with van der Waals surface area (Å²) >= 11 is 0. The van der Waals surface area contributed by atoms with Crippen LogP contribution in [0.2, 0.25) is 0 Å². The van der Waals surface area contributed by atoms with Crippen molar-refractivity contribution in [2.75, 3.05) is 6.54 Å². The van der Waals surface area contributed by atoms with Crippen LogP contribution in [0.1, 0.15) is 20.8 Å². The van der Waals surface area contributed by atoms with Gasteiger partial charge in [-0.05, 0) is 20.8 Å². The maximum Gasteiger partial charge on any atom is 0.153 e. The van der Waals surface area contributed by atoms with Crippen molar-refractivity contribution in [3.05, 3.63) is 60.3 Å². The van der Waals surface area contributed by atoms with Gasteiger partial charge in [-0.25, -0.2) is 9.80 Å². The van der Waals surface area contributed by atoms with E-state index in [1.54, 1.807) is 0 Å². The Hall–Kier alpha value is -1.88. The summed E-state index contributed by atoms with van der Waals surface area (Å²) in [4.78, 5) is 4.10. The van der Waals surface area contributed by atoms with Gasteiger partial charge in [0.1, 0.15) is 37.0 Å². The molecular formula is C15H18N2+2. The lowest BCUT2D eigenvalue weighted by molar-refractivity contribution is 0.397. The molecule has 86 valence electrons. The quantitative estimate of drug-likeness (QED) is 0.668. The first-order chi connectivity index (χ1) is 8.20. The zero-order valence-electron chi connectivity index (χ0n) is 10.6. The summed E-state index contributed by atoms with van der Waals surface area (Å²) in [6.45, 7) is 7.36. The lowest BCUT2D eigenvalue weighted by Crippen LogP contribution is -2.21. The van der Waals surface area contributed by atoms with Crippen molar-refractivity contribution in [1.82, 2.24) is 9.80 Å². The number of hydrogen-bond donors (Lipinski definition) is 0. The summed E-state index contributed by atoms with van der Waals surface area (Å²) in [6.07, 6.45) is 18.9. The highest BCUT2D eigenvalue weighted by Gasteiger charge is 2.20. The molecule has 2 heteroatoms. The van der Waals surface area contributed by atoms with Crippen molar-refractivity contribution < 1.29 is 0 Å². The monoisotopic (exact) mass is 226 g/mol. The van der Waals surface area contributed by atoms with Gasteiger partial charge in [0, 0.05) is 0 Å². The molecule has 0 spiro atoms.